The number of anilines is 1. The molecule has 2 aliphatic heterocycles. The molecule has 2 heterocycles. The van der Waals surface area contributed by atoms with Gasteiger partial charge in [-0.15, -0.1) is 0 Å². The minimum absolute atomic E-state index is 0.142. The Bertz CT molecular complexity index is 840. The highest BCUT2D eigenvalue weighted by Crippen LogP contribution is 2.20. The smallest absolute Gasteiger partial charge is 0.282 e. The monoisotopic (exact) mass is 424 g/mol. The summed E-state index contributed by atoms with van der Waals surface area (Å²) in [4.78, 5) is 25.5. The number of hydrogen-bond acceptors (Lipinski definition) is 5. The number of rotatable bonds is 4. The molecule has 29 heavy (non-hydrogen) atoms. The molecule has 1 N–H and O–H groups in total. The van der Waals surface area contributed by atoms with Gasteiger partial charge in [0.25, 0.3) is 16.1 Å². The zero-order valence-corrected chi connectivity index (χ0v) is 17.8. The maximum absolute atomic E-state index is 13.0. The zero-order valence-electron chi connectivity index (χ0n) is 17.0. The molecule has 2 fully saturated rings. The molecular formula is C19H28N4O5S. The molecule has 2 atom stereocenters. The molecule has 2 amide bonds. The third kappa shape index (κ3) is 5.13. The number of carbonyl (C=O) groups excluding carboxylic acids is 2. The van der Waals surface area contributed by atoms with E-state index in [2.05, 4.69) is 5.32 Å². The first-order chi connectivity index (χ1) is 13.7. The van der Waals surface area contributed by atoms with Crippen molar-refractivity contribution in [3.8, 4) is 0 Å². The fourth-order valence-electron chi connectivity index (χ4n) is 3.69. The molecule has 3 rings (SSSR count). The van der Waals surface area contributed by atoms with Crippen LogP contribution in [-0.4, -0.2) is 85.2 Å². The molecule has 2 aliphatic rings. The van der Waals surface area contributed by atoms with Crippen molar-refractivity contribution >= 4 is 27.7 Å². The summed E-state index contributed by atoms with van der Waals surface area (Å²) >= 11 is 0. The largest absolute Gasteiger partial charge is 0.373 e. The number of morpholine rings is 1. The van der Waals surface area contributed by atoms with Crippen molar-refractivity contribution in [3.05, 3.63) is 29.8 Å². The van der Waals surface area contributed by atoms with Gasteiger partial charge in [0.05, 0.1) is 12.2 Å². The van der Waals surface area contributed by atoms with E-state index in [1.807, 2.05) is 13.8 Å². The number of piperazine rings is 1. The molecule has 1 aromatic rings. The first kappa shape index (κ1) is 21.7. The highest BCUT2D eigenvalue weighted by atomic mass is 32.2. The molecule has 0 radical (unpaired) electrons. The van der Waals surface area contributed by atoms with E-state index in [4.69, 9.17) is 4.74 Å². The van der Waals surface area contributed by atoms with Gasteiger partial charge in [0.1, 0.15) is 0 Å². The van der Waals surface area contributed by atoms with Gasteiger partial charge in [0.15, 0.2) is 0 Å². The van der Waals surface area contributed by atoms with Gasteiger partial charge in [-0.05, 0) is 38.1 Å². The predicted molar refractivity (Wildman–Crippen MR) is 109 cm³/mol. The van der Waals surface area contributed by atoms with Gasteiger partial charge in [-0.1, -0.05) is 0 Å². The summed E-state index contributed by atoms with van der Waals surface area (Å²) < 4.78 is 34.5. The van der Waals surface area contributed by atoms with E-state index in [9.17, 15) is 18.0 Å². The molecule has 10 heteroatoms. The average Bonchev–Trinajstić information content (AvgIpc) is 2.67. The number of carbonyl (C=O) groups is 2. The summed E-state index contributed by atoms with van der Waals surface area (Å²) in [6.07, 6.45) is -0.284. The van der Waals surface area contributed by atoms with Crippen LogP contribution >= 0.6 is 0 Å². The Hall–Kier alpha value is -2.01. The standard InChI is InChI=1S/C19H28N4O5S/c1-14-12-23(13-15(2)28-14)29(26,27)22-10-8-21(9-11-22)19(25)17-4-6-18(7-5-17)20-16(3)24/h4-7,14-15H,8-13H2,1-3H3,(H,20,24). The topological polar surface area (TPSA) is 99.3 Å². The summed E-state index contributed by atoms with van der Waals surface area (Å²) in [5, 5.41) is 2.66. The number of nitrogens with one attached hydrogen (secondary N) is 1. The second-order valence-electron chi connectivity index (χ2n) is 7.53. The van der Waals surface area contributed by atoms with Crippen LogP contribution in [0.15, 0.2) is 24.3 Å². The zero-order chi connectivity index (χ0) is 21.2. The van der Waals surface area contributed by atoms with Gasteiger partial charge in [0, 0.05) is 57.4 Å². The Labute approximate surface area is 171 Å². The molecule has 0 bridgehead atoms. The molecule has 2 saturated heterocycles. The molecule has 0 aliphatic carbocycles. The van der Waals surface area contributed by atoms with Gasteiger partial charge >= 0.3 is 0 Å². The minimum Gasteiger partial charge on any atom is -0.373 e. The molecule has 0 saturated carbocycles. The Morgan fingerprint density at radius 2 is 1.52 bits per heavy atom. The van der Waals surface area contributed by atoms with E-state index in [0.717, 1.165) is 0 Å². The molecule has 160 valence electrons. The highest BCUT2D eigenvalue weighted by molar-refractivity contribution is 7.86. The van der Waals surface area contributed by atoms with Crippen LogP contribution in [0.4, 0.5) is 5.69 Å². The van der Waals surface area contributed by atoms with Crippen LogP contribution in [0.2, 0.25) is 0 Å². The summed E-state index contributed by atoms with van der Waals surface area (Å²) in [5.41, 5.74) is 1.13. The lowest BCUT2D eigenvalue weighted by Gasteiger charge is -2.40. The van der Waals surface area contributed by atoms with Crippen LogP contribution in [0.5, 0.6) is 0 Å². The number of ether oxygens (including phenoxy) is 1. The van der Waals surface area contributed by atoms with Crippen LogP contribution in [0.25, 0.3) is 0 Å². The molecular weight excluding hydrogens is 396 g/mol. The van der Waals surface area contributed by atoms with Crippen LogP contribution in [0.3, 0.4) is 0 Å². The Morgan fingerprint density at radius 1 is 0.966 bits per heavy atom. The van der Waals surface area contributed by atoms with E-state index in [1.165, 1.54) is 15.5 Å². The summed E-state index contributed by atoms with van der Waals surface area (Å²) in [6.45, 7) is 7.03. The van der Waals surface area contributed by atoms with Gasteiger partial charge in [-0.25, -0.2) is 0 Å². The lowest BCUT2D eigenvalue weighted by molar-refractivity contribution is -0.114. The van der Waals surface area contributed by atoms with Crippen LogP contribution in [-0.2, 0) is 19.7 Å². The van der Waals surface area contributed by atoms with Crippen molar-refractivity contribution in [2.45, 2.75) is 33.0 Å². The quantitative estimate of drug-likeness (QED) is 0.769. The van der Waals surface area contributed by atoms with E-state index in [1.54, 1.807) is 29.2 Å². The van der Waals surface area contributed by atoms with E-state index >= 15 is 0 Å². The fourth-order valence-corrected chi connectivity index (χ4v) is 5.43. The van der Waals surface area contributed by atoms with E-state index in [-0.39, 0.29) is 37.1 Å². The number of amides is 2. The first-order valence-electron chi connectivity index (χ1n) is 9.74. The SMILES string of the molecule is CC(=O)Nc1ccc(C(=O)N2CCN(S(=O)(=O)N3CC(C)OC(C)C3)CC2)cc1. The van der Waals surface area contributed by atoms with Crippen molar-refractivity contribution in [2.75, 3.05) is 44.6 Å². The van der Waals surface area contributed by atoms with E-state index < -0.39 is 10.2 Å². The Morgan fingerprint density at radius 3 is 2.03 bits per heavy atom. The van der Waals surface area contributed by atoms with Crippen molar-refractivity contribution in [1.82, 2.24) is 13.5 Å². The van der Waals surface area contributed by atoms with Crippen LogP contribution < -0.4 is 5.32 Å². The molecule has 0 aromatic heterocycles. The number of nitrogens with zero attached hydrogens (tertiary/aromatic N) is 3. The fraction of sp³-hybridized carbons (Fsp3) is 0.579. The minimum atomic E-state index is -3.57. The normalized spacial score (nSPS) is 24.3. The third-order valence-corrected chi connectivity index (χ3v) is 6.99. The van der Waals surface area contributed by atoms with Crippen molar-refractivity contribution in [3.63, 3.8) is 0 Å². The molecule has 0 spiro atoms. The van der Waals surface area contributed by atoms with Crippen molar-refractivity contribution in [2.24, 2.45) is 0 Å². The number of hydrogen-bond donors (Lipinski definition) is 1. The Balaban J connectivity index is 1.59. The van der Waals surface area contributed by atoms with Gasteiger partial charge in [-0.2, -0.15) is 17.0 Å². The summed E-state index contributed by atoms with van der Waals surface area (Å²) in [5.74, 6) is -0.324. The lowest BCUT2D eigenvalue weighted by Crippen LogP contribution is -2.57. The van der Waals surface area contributed by atoms with Crippen LogP contribution in [0.1, 0.15) is 31.1 Å². The van der Waals surface area contributed by atoms with E-state index in [0.29, 0.717) is 37.4 Å². The molecule has 9 nitrogen and oxygen atoms in total. The third-order valence-electron chi connectivity index (χ3n) is 5.02. The van der Waals surface area contributed by atoms with Crippen molar-refractivity contribution in [1.29, 1.82) is 0 Å². The predicted octanol–water partition coefficient (Wildman–Crippen LogP) is 0.757. The maximum Gasteiger partial charge on any atom is 0.282 e. The lowest BCUT2D eigenvalue weighted by atomic mass is 10.1. The van der Waals surface area contributed by atoms with Crippen molar-refractivity contribution < 1.29 is 22.7 Å². The van der Waals surface area contributed by atoms with Crippen LogP contribution in [0, 0.1) is 0 Å². The highest BCUT2D eigenvalue weighted by Gasteiger charge is 2.37. The Kier molecular flexibility index (Phi) is 6.57. The average molecular weight is 425 g/mol. The maximum atomic E-state index is 13.0. The molecule has 1 aromatic carbocycles. The second kappa shape index (κ2) is 8.78. The first-order valence-corrected chi connectivity index (χ1v) is 11.1. The summed E-state index contributed by atoms with van der Waals surface area (Å²) in [6, 6.07) is 6.67. The van der Waals surface area contributed by atoms with Gasteiger partial charge in [0.2, 0.25) is 5.91 Å². The number of benzene rings is 1. The summed E-state index contributed by atoms with van der Waals surface area (Å²) in [7, 11) is -3.57. The van der Waals surface area contributed by atoms with Gasteiger partial charge < -0.3 is 15.0 Å². The molecule has 2 unspecified atom stereocenters. The second-order valence-corrected chi connectivity index (χ2v) is 9.46. The van der Waals surface area contributed by atoms with Gasteiger partial charge in [-0.3, -0.25) is 9.59 Å².